The van der Waals surface area contributed by atoms with Gasteiger partial charge >= 0.3 is 0 Å². The lowest BCUT2D eigenvalue weighted by Crippen LogP contribution is -2.19. The molecule has 0 bridgehead atoms. The second-order valence-electron chi connectivity index (χ2n) is 8.12. The molecular formula is C23H32F2O2. The molecule has 2 saturated carbocycles. The Labute approximate surface area is 161 Å². The van der Waals surface area contributed by atoms with Crippen molar-refractivity contribution in [3.63, 3.8) is 0 Å². The normalized spacial score (nSPS) is 24.3. The summed E-state index contributed by atoms with van der Waals surface area (Å²) >= 11 is 0. The maximum absolute atomic E-state index is 14.4. The highest BCUT2D eigenvalue weighted by Crippen LogP contribution is 2.33. The molecule has 2 fully saturated rings. The lowest BCUT2D eigenvalue weighted by atomic mass is 9.82. The highest BCUT2D eigenvalue weighted by Gasteiger charge is 2.22. The minimum absolute atomic E-state index is 0.00251. The van der Waals surface area contributed by atoms with E-state index in [0.717, 1.165) is 38.5 Å². The van der Waals surface area contributed by atoms with Crippen LogP contribution in [0.4, 0.5) is 8.78 Å². The van der Waals surface area contributed by atoms with Gasteiger partial charge in [0.25, 0.3) is 0 Å². The summed E-state index contributed by atoms with van der Waals surface area (Å²) in [5.41, 5.74) is 0. The molecule has 2 aliphatic carbocycles. The molecule has 0 N–H and O–H groups in total. The second-order valence-corrected chi connectivity index (χ2v) is 8.12. The first-order valence-electron chi connectivity index (χ1n) is 10.5. The van der Waals surface area contributed by atoms with Gasteiger partial charge in [0.15, 0.2) is 11.5 Å². The molecule has 3 rings (SSSR count). The van der Waals surface area contributed by atoms with E-state index in [1.165, 1.54) is 31.4 Å². The fourth-order valence-corrected chi connectivity index (χ4v) is 4.33. The molecular weight excluding hydrogens is 346 g/mol. The van der Waals surface area contributed by atoms with E-state index in [-0.39, 0.29) is 11.5 Å². The minimum atomic E-state index is -0.932. The van der Waals surface area contributed by atoms with Crippen molar-refractivity contribution < 1.29 is 18.3 Å². The quantitative estimate of drug-likeness (QED) is 0.492. The molecule has 27 heavy (non-hydrogen) atoms. The van der Waals surface area contributed by atoms with Crippen LogP contribution in [-0.4, -0.2) is 13.2 Å². The summed E-state index contributed by atoms with van der Waals surface area (Å²) in [6.45, 7) is 2.96. The standard InChI is InChI=1S/C23H32F2O2/c1-2-6-17-9-11-19(12-10-17)16-27-21-14-13-20(22(24)23(21)25)26-15-18-7-4-3-5-8-18/h2,6,13-14,17-19H,3-5,7-12,15-16H2,1H3/b6-2+. The maximum Gasteiger partial charge on any atom is 0.204 e. The van der Waals surface area contributed by atoms with Crippen LogP contribution in [0.5, 0.6) is 11.5 Å². The number of halogens is 2. The van der Waals surface area contributed by atoms with Crippen molar-refractivity contribution in [1.82, 2.24) is 0 Å². The predicted molar refractivity (Wildman–Crippen MR) is 104 cm³/mol. The van der Waals surface area contributed by atoms with E-state index < -0.39 is 11.6 Å². The lowest BCUT2D eigenvalue weighted by Gasteiger charge is -2.26. The Morgan fingerprint density at radius 2 is 1.33 bits per heavy atom. The van der Waals surface area contributed by atoms with Crippen LogP contribution in [0.3, 0.4) is 0 Å². The molecule has 2 nitrogen and oxygen atoms in total. The van der Waals surface area contributed by atoms with Crippen molar-refractivity contribution in [2.45, 2.75) is 64.7 Å². The van der Waals surface area contributed by atoms with E-state index in [2.05, 4.69) is 19.1 Å². The smallest absolute Gasteiger partial charge is 0.204 e. The molecule has 0 saturated heterocycles. The maximum atomic E-state index is 14.4. The average molecular weight is 379 g/mol. The van der Waals surface area contributed by atoms with Crippen LogP contribution < -0.4 is 9.47 Å². The van der Waals surface area contributed by atoms with E-state index in [4.69, 9.17) is 9.47 Å². The van der Waals surface area contributed by atoms with Gasteiger partial charge in [-0.3, -0.25) is 0 Å². The second kappa shape index (κ2) is 10.1. The average Bonchev–Trinajstić information content (AvgIpc) is 2.70. The summed E-state index contributed by atoms with van der Waals surface area (Å²) < 4.78 is 39.9. The van der Waals surface area contributed by atoms with Gasteiger partial charge in [0.05, 0.1) is 13.2 Å². The third-order valence-electron chi connectivity index (χ3n) is 6.04. The van der Waals surface area contributed by atoms with Gasteiger partial charge in [0.2, 0.25) is 11.6 Å². The van der Waals surface area contributed by atoms with Gasteiger partial charge in [-0.25, -0.2) is 0 Å². The van der Waals surface area contributed by atoms with Crippen LogP contribution in [0.15, 0.2) is 24.3 Å². The summed E-state index contributed by atoms with van der Waals surface area (Å²) in [7, 11) is 0. The third-order valence-corrected chi connectivity index (χ3v) is 6.04. The van der Waals surface area contributed by atoms with Crippen molar-refractivity contribution in [3.05, 3.63) is 35.9 Å². The summed E-state index contributed by atoms with van der Waals surface area (Å²) in [5.74, 6) is -0.351. The Hall–Kier alpha value is -1.58. The Morgan fingerprint density at radius 3 is 1.85 bits per heavy atom. The first-order chi connectivity index (χ1) is 13.2. The summed E-state index contributed by atoms with van der Waals surface area (Å²) in [6.07, 6.45) is 14.7. The Kier molecular flexibility index (Phi) is 7.54. The molecule has 0 amide bonds. The zero-order valence-corrected chi connectivity index (χ0v) is 16.4. The van der Waals surface area contributed by atoms with Crippen molar-refractivity contribution in [1.29, 1.82) is 0 Å². The van der Waals surface area contributed by atoms with Gasteiger partial charge in [-0.1, -0.05) is 31.4 Å². The van der Waals surface area contributed by atoms with Crippen LogP contribution in [0.1, 0.15) is 64.7 Å². The summed E-state index contributed by atoms with van der Waals surface area (Å²) in [4.78, 5) is 0. The number of rotatable bonds is 7. The monoisotopic (exact) mass is 378 g/mol. The lowest BCUT2D eigenvalue weighted by molar-refractivity contribution is 0.183. The summed E-state index contributed by atoms with van der Waals surface area (Å²) in [6, 6.07) is 3.00. The molecule has 0 atom stereocenters. The van der Waals surface area contributed by atoms with Crippen LogP contribution >= 0.6 is 0 Å². The number of hydrogen-bond acceptors (Lipinski definition) is 2. The SMILES string of the molecule is C/C=C/C1CCC(COc2ccc(OCC3CCCCC3)c(F)c2F)CC1. The fourth-order valence-electron chi connectivity index (χ4n) is 4.33. The Bertz CT molecular complexity index is 615. The zero-order valence-electron chi connectivity index (χ0n) is 16.4. The molecule has 2 aliphatic rings. The van der Waals surface area contributed by atoms with Gasteiger partial charge in [-0.05, 0) is 75.3 Å². The number of benzene rings is 1. The van der Waals surface area contributed by atoms with Gasteiger partial charge in [0.1, 0.15) is 0 Å². The van der Waals surface area contributed by atoms with E-state index in [1.54, 1.807) is 0 Å². The van der Waals surface area contributed by atoms with Gasteiger partial charge in [-0.2, -0.15) is 8.78 Å². The summed E-state index contributed by atoms with van der Waals surface area (Å²) in [5, 5.41) is 0. The van der Waals surface area contributed by atoms with Crippen LogP contribution in [0.25, 0.3) is 0 Å². The molecule has 0 heterocycles. The Morgan fingerprint density at radius 1 is 0.815 bits per heavy atom. The predicted octanol–water partition coefficient (Wildman–Crippen LogP) is 6.69. The van der Waals surface area contributed by atoms with E-state index in [0.29, 0.717) is 31.0 Å². The highest BCUT2D eigenvalue weighted by molar-refractivity contribution is 5.35. The van der Waals surface area contributed by atoms with Crippen molar-refractivity contribution >= 4 is 0 Å². The molecule has 1 aromatic rings. The van der Waals surface area contributed by atoms with E-state index >= 15 is 0 Å². The molecule has 0 spiro atoms. The Balaban J connectivity index is 1.49. The zero-order chi connectivity index (χ0) is 19.1. The molecule has 0 aromatic heterocycles. The minimum Gasteiger partial charge on any atom is -0.490 e. The molecule has 1 aromatic carbocycles. The topological polar surface area (TPSA) is 18.5 Å². The van der Waals surface area contributed by atoms with Crippen molar-refractivity contribution in [3.8, 4) is 11.5 Å². The van der Waals surface area contributed by atoms with Crippen molar-refractivity contribution in [2.75, 3.05) is 13.2 Å². The molecule has 0 radical (unpaired) electrons. The molecule has 0 aliphatic heterocycles. The molecule has 150 valence electrons. The largest absolute Gasteiger partial charge is 0.490 e. The van der Waals surface area contributed by atoms with E-state index in [1.807, 2.05) is 0 Å². The molecule has 0 unspecified atom stereocenters. The number of hydrogen-bond donors (Lipinski definition) is 0. The first kappa shape index (κ1) is 20.2. The van der Waals surface area contributed by atoms with E-state index in [9.17, 15) is 8.78 Å². The van der Waals surface area contributed by atoms with Crippen LogP contribution in [0, 0.1) is 29.4 Å². The first-order valence-corrected chi connectivity index (χ1v) is 10.5. The fraction of sp³-hybridized carbons (Fsp3) is 0.652. The highest BCUT2D eigenvalue weighted by atomic mass is 19.2. The third kappa shape index (κ3) is 5.70. The van der Waals surface area contributed by atoms with Crippen molar-refractivity contribution in [2.24, 2.45) is 17.8 Å². The van der Waals surface area contributed by atoms with Crippen LogP contribution in [0.2, 0.25) is 0 Å². The molecule has 4 heteroatoms. The van der Waals surface area contributed by atoms with Crippen LogP contribution in [-0.2, 0) is 0 Å². The van der Waals surface area contributed by atoms with Gasteiger partial charge in [-0.15, -0.1) is 0 Å². The number of allylic oxidation sites excluding steroid dienone is 2. The number of ether oxygens (including phenoxy) is 2. The van der Waals surface area contributed by atoms with Gasteiger partial charge < -0.3 is 9.47 Å². The van der Waals surface area contributed by atoms with Gasteiger partial charge in [0, 0.05) is 0 Å².